The molecule has 300 valence electrons. The van der Waals surface area contributed by atoms with Gasteiger partial charge in [-0.1, -0.05) is 53.9 Å². The number of hydrogen-bond donors (Lipinski definition) is 12. The van der Waals surface area contributed by atoms with Gasteiger partial charge in [0.05, 0.1) is 34.8 Å². The summed E-state index contributed by atoms with van der Waals surface area (Å²) in [4.78, 5) is 22.8. The van der Waals surface area contributed by atoms with Gasteiger partial charge in [-0.3, -0.25) is 0 Å². The van der Waals surface area contributed by atoms with Crippen molar-refractivity contribution >= 4 is 63.7 Å². The average Bonchev–Trinajstić information content (AvgIpc) is 3.82. The van der Waals surface area contributed by atoms with Crippen molar-refractivity contribution in [3.8, 4) is 0 Å². The van der Waals surface area contributed by atoms with E-state index in [2.05, 4.69) is 30.2 Å². The van der Waals surface area contributed by atoms with Crippen LogP contribution >= 0.6 is 23.5 Å². The number of aliphatic hydroxyl groups is 9. The first-order valence-electron chi connectivity index (χ1n) is 18.0. The van der Waals surface area contributed by atoms with Gasteiger partial charge in [0.1, 0.15) is 48.8 Å². The molecule has 4 aromatic carbocycles. The summed E-state index contributed by atoms with van der Waals surface area (Å²) in [6.07, 6.45) is -14.6. The number of fused-ring (bicyclic) bond motifs is 2. The predicted molar refractivity (Wildman–Crippen MR) is 213 cm³/mol. The third kappa shape index (κ3) is 9.66. The summed E-state index contributed by atoms with van der Waals surface area (Å²) in [6, 6.07) is 28.3. The maximum Gasteiger partial charge on any atom is 0.227 e. The number of aliphatic hydroxyl groups excluding tert-OH is 9. The molecule has 57 heavy (non-hydrogen) atoms. The zero-order valence-corrected chi connectivity index (χ0v) is 31.6. The van der Waals surface area contributed by atoms with Crippen molar-refractivity contribution in [3.05, 3.63) is 96.6 Å². The van der Waals surface area contributed by atoms with Crippen LogP contribution in [0.2, 0.25) is 0 Å². The number of ether oxygens (including phenoxy) is 1. The highest BCUT2D eigenvalue weighted by Crippen LogP contribution is 2.32. The van der Waals surface area contributed by atoms with E-state index in [1.165, 1.54) is 11.8 Å². The zero-order chi connectivity index (χ0) is 40.2. The molecule has 0 aliphatic carbocycles. The van der Waals surface area contributed by atoms with Crippen molar-refractivity contribution in [1.82, 2.24) is 19.9 Å². The Bertz CT molecular complexity index is 2290. The summed E-state index contributed by atoms with van der Waals surface area (Å²) in [5.74, 6) is 0.404. The van der Waals surface area contributed by atoms with Crippen molar-refractivity contribution < 1.29 is 50.7 Å². The molecule has 1 aliphatic heterocycles. The number of anilines is 1. The van der Waals surface area contributed by atoms with Crippen LogP contribution in [0.3, 0.4) is 0 Å². The lowest BCUT2D eigenvalue weighted by molar-refractivity contribution is -0.221. The SMILES string of the molecule is OCC1OC(Nc2nc3ccc(Sc4cccc(C[C@@H](O)C(O)C(O)C(O)C(O)/C=N/c5nc6ccc(Sc7ccccc7)cc6[nH]5)c4)cc3[nH]2)C(O)C(O)C1O. The molecular formula is C39H42N6O10S2. The smallest absolute Gasteiger partial charge is 0.227 e. The summed E-state index contributed by atoms with van der Waals surface area (Å²) < 4.78 is 5.51. The van der Waals surface area contributed by atoms with Crippen molar-refractivity contribution in [1.29, 1.82) is 0 Å². The molecular weight excluding hydrogens is 777 g/mol. The molecule has 2 aromatic heterocycles. The van der Waals surface area contributed by atoms with E-state index in [1.807, 2.05) is 72.8 Å². The van der Waals surface area contributed by atoms with Crippen LogP contribution in [0.4, 0.5) is 11.9 Å². The topological polar surface area (TPSA) is 273 Å². The standard InChI is InChI=1S/C39H42N6O10S2/c46-18-30-33(51)35(53)36(54)37(55-30)45-39-42-25-12-10-23(16-27(25)44-39)57-21-8-4-5-19(13-21)14-28(47)31(49)34(52)32(50)29(48)17-40-38-41-24-11-9-22(15-26(24)43-38)56-20-6-2-1-3-7-20/h1-13,15-17,28-37,46-54H,14,18H2,(H,41,43)(H2,42,44,45)/b40-17+/t28-,29?,30?,31?,32?,33?,34?,35?,36?,37?/m1/s1. The van der Waals surface area contributed by atoms with E-state index in [9.17, 15) is 46.0 Å². The van der Waals surface area contributed by atoms with Gasteiger partial charge in [-0.2, -0.15) is 0 Å². The van der Waals surface area contributed by atoms with E-state index in [4.69, 9.17) is 4.74 Å². The number of imidazole rings is 2. The van der Waals surface area contributed by atoms with Crippen LogP contribution < -0.4 is 5.32 Å². The van der Waals surface area contributed by atoms with Gasteiger partial charge in [-0.15, -0.1) is 0 Å². The van der Waals surface area contributed by atoms with Crippen LogP contribution in [-0.2, 0) is 11.2 Å². The van der Waals surface area contributed by atoms with E-state index in [0.717, 1.165) is 31.3 Å². The Morgan fingerprint density at radius 1 is 0.702 bits per heavy atom. The molecule has 10 atom stereocenters. The minimum Gasteiger partial charge on any atom is -0.394 e. The summed E-state index contributed by atoms with van der Waals surface area (Å²) in [5.41, 5.74) is 3.24. The van der Waals surface area contributed by atoms with Gasteiger partial charge in [-0.05, 0) is 66.2 Å². The first-order valence-corrected chi connectivity index (χ1v) is 19.6. The summed E-state index contributed by atoms with van der Waals surface area (Å²) in [5, 5.41) is 96.3. The number of aromatic nitrogens is 4. The number of nitrogens with one attached hydrogen (secondary N) is 3. The molecule has 0 bridgehead atoms. The normalized spacial score (nSPS) is 22.8. The van der Waals surface area contributed by atoms with Gasteiger partial charge >= 0.3 is 0 Å². The number of H-pyrrole nitrogens is 2. The second-order valence-corrected chi connectivity index (χ2v) is 15.9. The minimum absolute atomic E-state index is 0.0698. The fourth-order valence-electron chi connectivity index (χ4n) is 6.30. The van der Waals surface area contributed by atoms with E-state index in [-0.39, 0.29) is 18.3 Å². The lowest BCUT2D eigenvalue weighted by Gasteiger charge is -2.40. The first-order chi connectivity index (χ1) is 27.4. The second kappa shape index (κ2) is 18.0. The molecule has 0 spiro atoms. The minimum atomic E-state index is -1.91. The van der Waals surface area contributed by atoms with Crippen molar-refractivity contribution in [2.75, 3.05) is 11.9 Å². The quantitative estimate of drug-likeness (QED) is 0.0658. The Kier molecular flexibility index (Phi) is 12.9. The van der Waals surface area contributed by atoms with Gasteiger partial charge in [0.15, 0.2) is 6.23 Å². The van der Waals surface area contributed by atoms with Crippen LogP contribution in [-0.4, -0.2) is 140 Å². The first kappa shape index (κ1) is 40.8. The lowest BCUT2D eigenvalue weighted by atomic mass is 9.95. The number of benzene rings is 4. The Labute approximate surface area is 334 Å². The lowest BCUT2D eigenvalue weighted by Crippen LogP contribution is -2.60. The molecule has 0 saturated carbocycles. The zero-order valence-electron chi connectivity index (χ0n) is 30.0. The average molecular weight is 819 g/mol. The Balaban J connectivity index is 0.927. The molecule has 1 fully saturated rings. The van der Waals surface area contributed by atoms with Crippen LogP contribution in [0, 0.1) is 0 Å². The van der Waals surface area contributed by atoms with Gasteiger partial charge in [0, 0.05) is 32.2 Å². The summed E-state index contributed by atoms with van der Waals surface area (Å²) in [6.45, 7) is -0.557. The molecule has 0 radical (unpaired) electrons. The largest absolute Gasteiger partial charge is 0.394 e. The van der Waals surface area contributed by atoms with E-state index < -0.39 is 67.8 Å². The third-order valence-corrected chi connectivity index (χ3v) is 11.4. The highest BCUT2D eigenvalue weighted by molar-refractivity contribution is 7.99. The number of aromatic amines is 2. The van der Waals surface area contributed by atoms with Gasteiger partial charge < -0.3 is 66.0 Å². The molecule has 1 aliphatic rings. The highest BCUT2D eigenvalue weighted by atomic mass is 32.2. The number of rotatable bonds is 15. The van der Waals surface area contributed by atoms with Gasteiger partial charge in [0.25, 0.3) is 0 Å². The molecule has 7 rings (SSSR count). The number of aliphatic imine (C=N–C) groups is 1. The molecule has 1 saturated heterocycles. The molecule has 18 heteroatoms. The van der Waals surface area contributed by atoms with E-state index in [1.54, 1.807) is 30.0 Å². The highest BCUT2D eigenvalue weighted by Gasteiger charge is 2.43. The monoisotopic (exact) mass is 818 g/mol. The summed E-state index contributed by atoms with van der Waals surface area (Å²) in [7, 11) is 0. The van der Waals surface area contributed by atoms with Crippen LogP contribution in [0.5, 0.6) is 0 Å². The van der Waals surface area contributed by atoms with E-state index in [0.29, 0.717) is 22.1 Å². The maximum atomic E-state index is 10.8. The van der Waals surface area contributed by atoms with Gasteiger partial charge in [-0.25, -0.2) is 15.0 Å². The van der Waals surface area contributed by atoms with Crippen LogP contribution in [0.1, 0.15) is 5.56 Å². The molecule has 12 N–H and O–H groups in total. The summed E-state index contributed by atoms with van der Waals surface area (Å²) >= 11 is 3.00. The van der Waals surface area contributed by atoms with Crippen LogP contribution in [0.15, 0.2) is 116 Å². The molecule has 16 nitrogen and oxygen atoms in total. The molecule has 0 amide bonds. The predicted octanol–water partition coefficient (Wildman–Crippen LogP) is 1.70. The number of nitrogens with zero attached hydrogens (tertiary/aromatic N) is 3. The maximum absolute atomic E-state index is 10.8. The van der Waals surface area contributed by atoms with E-state index >= 15 is 0 Å². The fourth-order valence-corrected chi connectivity index (χ4v) is 8.12. The Hall–Kier alpha value is -4.41. The van der Waals surface area contributed by atoms with Crippen molar-refractivity contribution in [3.63, 3.8) is 0 Å². The molecule has 6 aromatic rings. The van der Waals surface area contributed by atoms with Crippen molar-refractivity contribution in [2.24, 2.45) is 4.99 Å². The second-order valence-electron chi connectivity index (χ2n) is 13.6. The van der Waals surface area contributed by atoms with Crippen molar-refractivity contribution in [2.45, 2.75) is 87.2 Å². The fraction of sp³-hybridized carbons (Fsp3) is 0.308. The Morgan fingerprint density at radius 3 is 2.07 bits per heavy atom. The molecule has 9 unspecified atom stereocenters. The van der Waals surface area contributed by atoms with Crippen LogP contribution in [0.25, 0.3) is 22.1 Å². The molecule has 3 heterocycles. The Morgan fingerprint density at radius 2 is 1.35 bits per heavy atom. The number of hydrogen-bond acceptors (Lipinski definition) is 16. The third-order valence-electron chi connectivity index (χ3n) is 9.42. The van der Waals surface area contributed by atoms with Gasteiger partial charge in [0.2, 0.25) is 11.9 Å².